The molecule has 2 heterocycles. The lowest BCUT2D eigenvalue weighted by Crippen LogP contribution is -2.05. The van der Waals surface area contributed by atoms with Crippen molar-refractivity contribution in [3.8, 4) is 5.75 Å². The Kier molecular flexibility index (Phi) is 6.81. The first kappa shape index (κ1) is 22.2. The number of fused-ring (bicyclic) bond motifs is 1. The first-order chi connectivity index (χ1) is 16.1. The van der Waals surface area contributed by atoms with E-state index in [2.05, 4.69) is 75.5 Å². The van der Waals surface area contributed by atoms with Gasteiger partial charge in [0.25, 0.3) is 0 Å². The largest absolute Gasteiger partial charge is 0.489 e. The molecule has 0 saturated carbocycles. The molecule has 1 unspecified atom stereocenters. The zero-order valence-electron chi connectivity index (χ0n) is 17.6. The highest BCUT2D eigenvalue weighted by Crippen LogP contribution is 2.45. The van der Waals surface area contributed by atoms with Gasteiger partial charge < -0.3 is 4.74 Å². The van der Waals surface area contributed by atoms with Crippen molar-refractivity contribution in [2.24, 2.45) is 4.99 Å². The van der Waals surface area contributed by atoms with Crippen LogP contribution in [0.15, 0.2) is 105 Å². The molecule has 0 N–H and O–H groups in total. The van der Waals surface area contributed by atoms with Crippen LogP contribution in [0.3, 0.4) is 0 Å². The van der Waals surface area contributed by atoms with E-state index in [0.29, 0.717) is 11.8 Å². The molecule has 0 spiro atoms. The van der Waals surface area contributed by atoms with Crippen LogP contribution in [0.5, 0.6) is 5.75 Å². The van der Waals surface area contributed by atoms with E-state index in [-0.39, 0.29) is 5.25 Å². The van der Waals surface area contributed by atoms with Gasteiger partial charge in [0.2, 0.25) is 0 Å². The van der Waals surface area contributed by atoms with Gasteiger partial charge in [-0.3, -0.25) is 4.99 Å². The number of thioether (sulfide) groups is 1. The SMILES string of the molecule is Clc1ccc(COc2ccc(C3=Nc4ccccc4SC(c4cccc(Br)c4)C3)cc2)cn1. The summed E-state index contributed by atoms with van der Waals surface area (Å²) in [5.41, 5.74) is 5.46. The third-order valence-corrected chi connectivity index (χ3v) is 7.41. The normalized spacial score (nSPS) is 15.3. The number of rotatable bonds is 5. The molecule has 1 atom stereocenters. The van der Waals surface area contributed by atoms with Crippen LogP contribution >= 0.6 is 39.3 Å². The highest BCUT2D eigenvalue weighted by atomic mass is 79.9. The van der Waals surface area contributed by atoms with Crippen LogP contribution in [0.2, 0.25) is 5.15 Å². The second kappa shape index (κ2) is 10.1. The number of para-hydroxylation sites is 1. The number of hydrogen-bond donors (Lipinski definition) is 0. The number of aliphatic imine (C=N–C) groups is 1. The van der Waals surface area contributed by atoms with Crippen molar-refractivity contribution in [2.75, 3.05) is 0 Å². The maximum absolute atomic E-state index is 5.93. The summed E-state index contributed by atoms with van der Waals surface area (Å²) >= 11 is 11.3. The molecule has 3 aromatic carbocycles. The van der Waals surface area contributed by atoms with Crippen LogP contribution in [0.4, 0.5) is 5.69 Å². The molecule has 0 saturated heterocycles. The highest BCUT2D eigenvalue weighted by molar-refractivity contribution is 9.10. The third-order valence-electron chi connectivity index (χ3n) is 5.37. The van der Waals surface area contributed by atoms with Gasteiger partial charge in [0, 0.05) is 38.5 Å². The number of nitrogens with zero attached hydrogens (tertiary/aromatic N) is 2. The molecule has 5 rings (SSSR count). The molecule has 0 fully saturated rings. The Morgan fingerprint density at radius 3 is 2.61 bits per heavy atom. The summed E-state index contributed by atoms with van der Waals surface area (Å²) in [6.07, 6.45) is 2.57. The van der Waals surface area contributed by atoms with E-state index in [1.165, 1.54) is 10.5 Å². The van der Waals surface area contributed by atoms with Crippen molar-refractivity contribution >= 4 is 50.7 Å². The fraction of sp³-hybridized carbons (Fsp3) is 0.111. The van der Waals surface area contributed by atoms with Crippen LogP contribution in [0.25, 0.3) is 0 Å². The van der Waals surface area contributed by atoms with E-state index in [0.717, 1.165) is 39.2 Å². The Balaban J connectivity index is 1.39. The molecule has 164 valence electrons. The van der Waals surface area contributed by atoms with Crippen LogP contribution in [0.1, 0.15) is 28.4 Å². The van der Waals surface area contributed by atoms with Gasteiger partial charge in [0.05, 0.1) is 5.69 Å². The monoisotopic (exact) mass is 534 g/mol. The number of ether oxygens (including phenoxy) is 1. The Morgan fingerprint density at radius 2 is 1.82 bits per heavy atom. The Labute approximate surface area is 211 Å². The van der Waals surface area contributed by atoms with E-state index in [4.69, 9.17) is 21.3 Å². The quantitative estimate of drug-likeness (QED) is 0.240. The number of halogens is 2. The molecule has 3 nitrogen and oxygen atoms in total. The number of benzene rings is 3. The first-order valence-corrected chi connectivity index (χ1v) is 12.6. The molecular weight excluding hydrogens is 516 g/mol. The van der Waals surface area contributed by atoms with Crippen LogP contribution in [-0.2, 0) is 6.61 Å². The Morgan fingerprint density at radius 1 is 0.970 bits per heavy atom. The molecule has 1 aromatic heterocycles. The first-order valence-electron chi connectivity index (χ1n) is 10.6. The predicted molar refractivity (Wildman–Crippen MR) is 140 cm³/mol. The van der Waals surface area contributed by atoms with Gasteiger partial charge in [-0.15, -0.1) is 11.8 Å². The van der Waals surface area contributed by atoms with Gasteiger partial charge in [-0.1, -0.05) is 57.9 Å². The Bertz CT molecular complexity index is 1290. The lowest BCUT2D eigenvalue weighted by atomic mass is 10.0. The number of hydrogen-bond acceptors (Lipinski definition) is 4. The third kappa shape index (κ3) is 5.49. The zero-order chi connectivity index (χ0) is 22.6. The molecule has 4 aromatic rings. The molecule has 0 aliphatic carbocycles. The van der Waals surface area contributed by atoms with Crippen molar-refractivity contribution in [1.29, 1.82) is 0 Å². The van der Waals surface area contributed by atoms with Crippen LogP contribution < -0.4 is 4.74 Å². The maximum atomic E-state index is 5.93. The summed E-state index contributed by atoms with van der Waals surface area (Å²) in [5.74, 6) is 0.807. The molecule has 6 heteroatoms. The smallest absolute Gasteiger partial charge is 0.129 e. The average Bonchev–Trinajstić information content (AvgIpc) is 3.04. The van der Waals surface area contributed by atoms with Gasteiger partial charge in [-0.25, -0.2) is 4.98 Å². The van der Waals surface area contributed by atoms with Gasteiger partial charge >= 0.3 is 0 Å². The summed E-state index contributed by atoms with van der Waals surface area (Å²) in [6.45, 7) is 0.444. The molecule has 0 radical (unpaired) electrons. The summed E-state index contributed by atoms with van der Waals surface area (Å²) in [4.78, 5) is 10.4. The fourth-order valence-corrected chi connectivity index (χ4v) is 5.44. The number of pyridine rings is 1. The summed E-state index contributed by atoms with van der Waals surface area (Å²) in [7, 11) is 0. The predicted octanol–water partition coefficient (Wildman–Crippen LogP) is 8.43. The van der Waals surface area contributed by atoms with Crippen molar-refractivity contribution in [1.82, 2.24) is 4.98 Å². The van der Waals surface area contributed by atoms with Crippen molar-refractivity contribution < 1.29 is 4.74 Å². The van der Waals surface area contributed by atoms with Gasteiger partial charge in [-0.05, 0) is 65.7 Å². The van der Waals surface area contributed by atoms with Crippen LogP contribution in [0, 0.1) is 0 Å². The summed E-state index contributed by atoms with van der Waals surface area (Å²) in [5, 5.41) is 0.756. The minimum atomic E-state index is 0.276. The van der Waals surface area contributed by atoms with Crippen molar-refractivity contribution in [3.63, 3.8) is 0 Å². The molecule has 0 bridgehead atoms. The van der Waals surface area contributed by atoms with Gasteiger partial charge in [0.1, 0.15) is 17.5 Å². The van der Waals surface area contributed by atoms with E-state index in [1.807, 2.05) is 36.0 Å². The van der Waals surface area contributed by atoms with Gasteiger partial charge in [-0.2, -0.15) is 0 Å². The Hall–Kier alpha value is -2.60. The van der Waals surface area contributed by atoms with E-state index in [1.54, 1.807) is 12.3 Å². The standard InChI is InChI=1S/C27H20BrClN2OS/c28-21-5-3-4-20(14-21)26-15-24(31-23-6-1-2-7-25(23)33-26)19-9-11-22(12-10-19)32-17-18-8-13-27(29)30-16-18/h1-14,16,26H,15,17H2. The second-order valence-electron chi connectivity index (χ2n) is 7.69. The molecule has 1 aliphatic rings. The van der Waals surface area contributed by atoms with Crippen molar-refractivity contribution in [2.45, 2.75) is 23.2 Å². The number of aromatic nitrogens is 1. The van der Waals surface area contributed by atoms with E-state index in [9.17, 15) is 0 Å². The van der Waals surface area contributed by atoms with Crippen molar-refractivity contribution in [3.05, 3.63) is 117 Å². The molecule has 0 amide bonds. The second-order valence-corrected chi connectivity index (χ2v) is 10.2. The van der Waals surface area contributed by atoms with Crippen LogP contribution in [-0.4, -0.2) is 10.7 Å². The summed E-state index contributed by atoms with van der Waals surface area (Å²) in [6, 6.07) is 28.8. The highest BCUT2D eigenvalue weighted by Gasteiger charge is 2.22. The van der Waals surface area contributed by atoms with E-state index >= 15 is 0 Å². The molecular formula is C27H20BrClN2OS. The minimum Gasteiger partial charge on any atom is -0.489 e. The maximum Gasteiger partial charge on any atom is 0.129 e. The zero-order valence-corrected chi connectivity index (χ0v) is 20.8. The molecule has 1 aliphatic heterocycles. The van der Waals surface area contributed by atoms with E-state index < -0.39 is 0 Å². The molecule has 33 heavy (non-hydrogen) atoms. The summed E-state index contributed by atoms with van der Waals surface area (Å²) < 4.78 is 7.02. The lowest BCUT2D eigenvalue weighted by Gasteiger charge is -2.16. The average molecular weight is 536 g/mol. The topological polar surface area (TPSA) is 34.5 Å². The fourth-order valence-electron chi connectivity index (χ4n) is 3.69. The minimum absolute atomic E-state index is 0.276. The van der Waals surface area contributed by atoms with Gasteiger partial charge in [0.15, 0.2) is 0 Å². The lowest BCUT2D eigenvalue weighted by molar-refractivity contribution is 0.306.